The second kappa shape index (κ2) is 9.22. The lowest BCUT2D eigenvalue weighted by Crippen LogP contribution is -2.71. The highest BCUT2D eigenvalue weighted by Gasteiger charge is 2.59. The van der Waals surface area contributed by atoms with Gasteiger partial charge in [0.2, 0.25) is 6.41 Å². The van der Waals surface area contributed by atoms with Gasteiger partial charge in [-0.2, -0.15) is 0 Å². The van der Waals surface area contributed by atoms with E-state index in [9.17, 15) is 19.2 Å². The molecule has 0 radical (unpaired) electrons. The maximum absolute atomic E-state index is 13.6. The van der Waals surface area contributed by atoms with Crippen molar-refractivity contribution < 1.29 is 28.7 Å². The molecule has 0 aromatic heterocycles. The van der Waals surface area contributed by atoms with Crippen molar-refractivity contribution in [1.29, 1.82) is 0 Å². The number of thioether (sulfide) groups is 1. The molecule has 10 heteroatoms. The highest BCUT2D eigenvalue weighted by atomic mass is 32.2. The first-order valence-electron chi connectivity index (χ1n) is 10.5. The maximum atomic E-state index is 13.6. The highest BCUT2D eigenvalue weighted by molar-refractivity contribution is 8.01. The Balaban J connectivity index is 1.74. The fourth-order valence-electron chi connectivity index (χ4n) is 4.05. The minimum atomic E-state index is -1.35. The number of ether oxygens (including phenoxy) is 2. The van der Waals surface area contributed by atoms with Crippen LogP contribution in [0.4, 0.5) is 4.79 Å². The Labute approximate surface area is 200 Å². The molecular weight excluding hydrogens is 458 g/mol. The van der Waals surface area contributed by atoms with Gasteiger partial charge < -0.3 is 20.5 Å². The van der Waals surface area contributed by atoms with Crippen molar-refractivity contribution >= 4 is 36.1 Å². The molecule has 3 N–H and O–H groups in total. The van der Waals surface area contributed by atoms with Crippen molar-refractivity contribution in [3.05, 3.63) is 83.1 Å². The van der Waals surface area contributed by atoms with Crippen LogP contribution in [0, 0.1) is 0 Å². The van der Waals surface area contributed by atoms with Crippen LogP contribution in [0.15, 0.2) is 71.9 Å². The number of carbonyl (C=O) groups is 4. The van der Waals surface area contributed by atoms with Crippen molar-refractivity contribution in [2.45, 2.75) is 36.3 Å². The Morgan fingerprint density at radius 2 is 1.68 bits per heavy atom. The molecule has 176 valence electrons. The van der Waals surface area contributed by atoms with Crippen molar-refractivity contribution in [3.63, 3.8) is 0 Å². The number of nitrogens with zero attached hydrogens (tertiary/aromatic N) is 1. The van der Waals surface area contributed by atoms with E-state index in [1.54, 1.807) is 13.8 Å². The summed E-state index contributed by atoms with van der Waals surface area (Å²) < 4.78 is 11.3. The van der Waals surface area contributed by atoms with E-state index in [1.807, 2.05) is 60.7 Å². The maximum Gasteiger partial charge on any atom is 0.406 e. The Hall–Kier alpha value is -3.79. The number of rotatable bonds is 7. The van der Waals surface area contributed by atoms with Gasteiger partial charge in [-0.15, -0.1) is 0 Å². The summed E-state index contributed by atoms with van der Waals surface area (Å²) in [6, 6.07) is 17.5. The van der Waals surface area contributed by atoms with Gasteiger partial charge in [-0.3, -0.25) is 14.5 Å². The van der Waals surface area contributed by atoms with E-state index < -0.39 is 40.4 Å². The molecule has 2 heterocycles. The summed E-state index contributed by atoms with van der Waals surface area (Å²) in [5.41, 5.74) is 7.02. The van der Waals surface area contributed by atoms with Crippen LogP contribution >= 0.6 is 11.8 Å². The van der Waals surface area contributed by atoms with Gasteiger partial charge in [-0.05, 0) is 25.0 Å². The Kier molecular flexibility index (Phi) is 6.34. The van der Waals surface area contributed by atoms with Gasteiger partial charge in [0, 0.05) is 5.57 Å². The van der Waals surface area contributed by atoms with Crippen LogP contribution in [-0.4, -0.2) is 45.6 Å². The molecule has 1 fully saturated rings. The Morgan fingerprint density at radius 3 is 2.18 bits per heavy atom. The molecule has 2 unspecified atom stereocenters. The molecule has 2 aromatic rings. The zero-order valence-electron chi connectivity index (χ0n) is 18.5. The number of benzene rings is 2. The van der Waals surface area contributed by atoms with Crippen LogP contribution < -0.4 is 11.1 Å². The lowest BCUT2D eigenvalue weighted by Gasteiger charge is -2.53. The molecule has 0 bridgehead atoms. The molecule has 2 aromatic carbocycles. The summed E-state index contributed by atoms with van der Waals surface area (Å²) in [6.07, 6.45) is -1.36. The first-order chi connectivity index (χ1) is 16.3. The molecule has 34 heavy (non-hydrogen) atoms. The monoisotopic (exact) mass is 481 g/mol. The van der Waals surface area contributed by atoms with Gasteiger partial charge in [-0.1, -0.05) is 72.4 Å². The second-order valence-corrected chi connectivity index (χ2v) is 9.42. The fraction of sp³-hybridized carbons (Fsp3) is 0.250. The van der Waals surface area contributed by atoms with E-state index in [0.717, 1.165) is 22.9 Å². The Morgan fingerprint density at radius 1 is 1.12 bits per heavy atom. The van der Waals surface area contributed by atoms with Crippen LogP contribution in [0.5, 0.6) is 0 Å². The average Bonchev–Trinajstić information content (AvgIpc) is 2.83. The first kappa shape index (κ1) is 23.4. The van der Waals surface area contributed by atoms with Crippen LogP contribution in [0.3, 0.4) is 0 Å². The summed E-state index contributed by atoms with van der Waals surface area (Å²) in [6.45, 7) is 3.16. The molecule has 3 amide bonds. The van der Waals surface area contributed by atoms with E-state index in [-0.39, 0.29) is 5.70 Å². The second-order valence-electron chi connectivity index (χ2n) is 7.93. The van der Waals surface area contributed by atoms with Crippen LogP contribution in [0.1, 0.15) is 31.1 Å². The molecule has 0 aliphatic carbocycles. The topological polar surface area (TPSA) is 128 Å². The zero-order valence-corrected chi connectivity index (χ0v) is 19.3. The Bertz CT molecular complexity index is 1120. The van der Waals surface area contributed by atoms with E-state index in [4.69, 9.17) is 15.2 Å². The predicted octanol–water partition coefficient (Wildman–Crippen LogP) is 2.43. The van der Waals surface area contributed by atoms with Crippen molar-refractivity contribution in [3.8, 4) is 0 Å². The van der Waals surface area contributed by atoms with E-state index in [0.29, 0.717) is 12.0 Å². The lowest BCUT2D eigenvalue weighted by atomic mass is 9.99. The predicted molar refractivity (Wildman–Crippen MR) is 124 cm³/mol. The van der Waals surface area contributed by atoms with Gasteiger partial charge in [0.1, 0.15) is 17.1 Å². The standard InChI is InChI=1S/C24H23N3O6S/c1-14-18(27-20(29)17(26-13-28)21(27)34-24(14,2)33-23(25)31)22(30)32-19(15-9-5-3-6-10-15)16-11-7-4-8-12-16/h3-13,17,19,21H,1-2H3,(H2,25,31)(H,26,28)/t17?,21-,24?/m1/s1. The smallest absolute Gasteiger partial charge is 0.406 e. The third kappa shape index (κ3) is 4.12. The fourth-order valence-corrected chi connectivity index (χ4v) is 5.57. The van der Waals surface area contributed by atoms with E-state index >= 15 is 0 Å². The molecule has 1 saturated heterocycles. The van der Waals surface area contributed by atoms with Crippen molar-refractivity contribution in [2.75, 3.05) is 0 Å². The molecule has 4 rings (SSSR count). The normalized spacial score (nSPS) is 23.6. The minimum Gasteiger partial charge on any atom is -0.448 e. The molecule has 0 saturated carbocycles. The highest BCUT2D eigenvalue weighted by Crippen LogP contribution is 2.51. The molecule has 3 atom stereocenters. The molecule has 0 spiro atoms. The van der Waals surface area contributed by atoms with Gasteiger partial charge in [-0.25, -0.2) is 9.59 Å². The number of primary amides is 1. The summed E-state index contributed by atoms with van der Waals surface area (Å²) in [5, 5.41) is 1.77. The van der Waals surface area contributed by atoms with Crippen molar-refractivity contribution in [2.24, 2.45) is 5.73 Å². The zero-order chi connectivity index (χ0) is 24.5. The largest absolute Gasteiger partial charge is 0.448 e. The number of hydrogen-bond donors (Lipinski definition) is 2. The third-order valence-corrected chi connectivity index (χ3v) is 7.40. The summed E-state index contributed by atoms with van der Waals surface area (Å²) in [4.78, 5) is 49.0. The molecule has 2 aliphatic heterocycles. The van der Waals surface area contributed by atoms with Gasteiger partial charge in [0.05, 0.1) is 0 Å². The number of fused-ring (bicyclic) bond motifs is 1. The average molecular weight is 482 g/mol. The lowest BCUT2D eigenvalue weighted by molar-refractivity contribution is -0.154. The van der Waals surface area contributed by atoms with E-state index in [1.165, 1.54) is 4.90 Å². The SMILES string of the molecule is CC1=C(C(=O)OC(c2ccccc2)c2ccccc2)N2C(=O)C(NC=O)[C@H]2SC1(C)OC(N)=O. The van der Waals surface area contributed by atoms with E-state index in [2.05, 4.69) is 5.32 Å². The number of esters is 1. The number of nitrogens with two attached hydrogens (primary N) is 1. The minimum absolute atomic E-state index is 0.0432. The van der Waals surface area contributed by atoms with Gasteiger partial charge in [0.15, 0.2) is 11.0 Å². The summed E-state index contributed by atoms with van der Waals surface area (Å²) >= 11 is 1.10. The molecule has 2 aliphatic rings. The number of amides is 3. The molecule has 9 nitrogen and oxygen atoms in total. The van der Waals surface area contributed by atoms with Crippen LogP contribution in [0.25, 0.3) is 0 Å². The number of hydrogen-bond acceptors (Lipinski definition) is 7. The first-order valence-corrected chi connectivity index (χ1v) is 11.4. The van der Waals surface area contributed by atoms with Gasteiger partial charge >= 0.3 is 12.1 Å². The van der Waals surface area contributed by atoms with Gasteiger partial charge in [0.25, 0.3) is 5.91 Å². The van der Waals surface area contributed by atoms with Crippen LogP contribution in [0.2, 0.25) is 0 Å². The number of carbonyl (C=O) groups excluding carboxylic acids is 4. The summed E-state index contributed by atoms with van der Waals surface area (Å²) in [7, 11) is 0. The summed E-state index contributed by atoms with van der Waals surface area (Å²) in [5.74, 6) is -1.23. The number of nitrogens with one attached hydrogen (secondary N) is 1. The quantitative estimate of drug-likeness (QED) is 0.353. The van der Waals surface area contributed by atoms with Crippen LogP contribution in [-0.2, 0) is 23.9 Å². The van der Waals surface area contributed by atoms with Crippen molar-refractivity contribution in [1.82, 2.24) is 10.2 Å². The molecular formula is C24H23N3O6S. The third-order valence-electron chi connectivity index (χ3n) is 5.83. The number of β-lactam (4-membered cyclic amide) rings is 1.